The van der Waals surface area contributed by atoms with Gasteiger partial charge in [-0.25, -0.2) is 0 Å². The Bertz CT molecular complexity index is 393. The lowest BCUT2D eigenvalue weighted by atomic mass is 10.1. The maximum absolute atomic E-state index is 6.02. The van der Waals surface area contributed by atoms with E-state index >= 15 is 0 Å². The fraction of sp³-hybridized carbons (Fsp3) is 0.571. The first-order chi connectivity index (χ1) is 8.66. The molecule has 1 atom stereocenters. The molecule has 0 bridgehead atoms. The topological polar surface area (TPSA) is 15.3 Å². The number of benzene rings is 1. The molecule has 1 aliphatic heterocycles. The van der Waals surface area contributed by atoms with Gasteiger partial charge in [0.05, 0.1) is 5.02 Å². The van der Waals surface area contributed by atoms with Gasteiger partial charge in [-0.15, -0.1) is 12.4 Å². The summed E-state index contributed by atoms with van der Waals surface area (Å²) in [5.41, 5.74) is 1.31. The number of hydrogen-bond acceptors (Lipinski definition) is 2. The molecule has 19 heavy (non-hydrogen) atoms. The molecule has 0 saturated carbocycles. The van der Waals surface area contributed by atoms with E-state index in [2.05, 4.69) is 45.3 Å². The number of halogens is 3. The molecule has 0 aliphatic carbocycles. The standard InChI is InChI=1S/C14H20BrClN2.ClH/c1-18(12-3-2-7-17-8-6-12)10-11-4-5-14(16)13(15)9-11;/h4-5,9,12,17H,2-3,6-8,10H2,1H3;1H. The summed E-state index contributed by atoms with van der Waals surface area (Å²) < 4.78 is 0.984. The zero-order valence-electron chi connectivity index (χ0n) is 11.2. The minimum atomic E-state index is 0. The van der Waals surface area contributed by atoms with Gasteiger partial charge in [0.15, 0.2) is 0 Å². The molecule has 1 aliphatic rings. The van der Waals surface area contributed by atoms with E-state index in [-0.39, 0.29) is 12.4 Å². The van der Waals surface area contributed by atoms with Crippen LogP contribution < -0.4 is 5.32 Å². The molecule has 1 saturated heterocycles. The van der Waals surface area contributed by atoms with Gasteiger partial charge in [0.2, 0.25) is 0 Å². The van der Waals surface area contributed by atoms with Gasteiger partial charge in [0.1, 0.15) is 0 Å². The number of nitrogens with zero attached hydrogens (tertiary/aromatic N) is 1. The third-order valence-corrected chi connectivity index (χ3v) is 4.80. The van der Waals surface area contributed by atoms with Crippen molar-refractivity contribution in [3.8, 4) is 0 Å². The van der Waals surface area contributed by atoms with Crippen LogP contribution in [0.3, 0.4) is 0 Å². The van der Waals surface area contributed by atoms with Gasteiger partial charge in [-0.2, -0.15) is 0 Å². The van der Waals surface area contributed by atoms with Crippen molar-refractivity contribution in [1.82, 2.24) is 10.2 Å². The van der Waals surface area contributed by atoms with Crippen molar-refractivity contribution in [2.24, 2.45) is 0 Å². The summed E-state index contributed by atoms with van der Waals surface area (Å²) in [7, 11) is 2.22. The van der Waals surface area contributed by atoms with E-state index < -0.39 is 0 Å². The zero-order valence-corrected chi connectivity index (χ0v) is 14.3. The van der Waals surface area contributed by atoms with E-state index in [1.165, 1.54) is 24.8 Å². The Morgan fingerprint density at radius 1 is 1.37 bits per heavy atom. The maximum Gasteiger partial charge on any atom is 0.0548 e. The highest BCUT2D eigenvalue weighted by atomic mass is 79.9. The van der Waals surface area contributed by atoms with Crippen LogP contribution in [0.1, 0.15) is 24.8 Å². The Morgan fingerprint density at radius 2 is 2.16 bits per heavy atom. The van der Waals surface area contributed by atoms with E-state index in [1.54, 1.807) is 0 Å². The third kappa shape index (κ3) is 5.24. The van der Waals surface area contributed by atoms with Crippen molar-refractivity contribution in [2.45, 2.75) is 31.8 Å². The molecule has 2 nitrogen and oxygen atoms in total. The molecule has 1 aromatic carbocycles. The van der Waals surface area contributed by atoms with E-state index in [4.69, 9.17) is 11.6 Å². The predicted molar refractivity (Wildman–Crippen MR) is 88.4 cm³/mol. The molecule has 0 radical (unpaired) electrons. The average molecular weight is 368 g/mol. The minimum absolute atomic E-state index is 0. The molecule has 1 unspecified atom stereocenters. The molecule has 5 heteroatoms. The quantitative estimate of drug-likeness (QED) is 0.865. The summed E-state index contributed by atoms with van der Waals surface area (Å²) in [6.45, 7) is 3.29. The first-order valence-electron chi connectivity index (χ1n) is 6.51. The second kappa shape index (κ2) is 8.48. The molecule has 0 aromatic heterocycles. The maximum atomic E-state index is 6.02. The van der Waals surface area contributed by atoms with Crippen LogP contribution in [0, 0.1) is 0 Å². The highest BCUT2D eigenvalue weighted by molar-refractivity contribution is 9.10. The van der Waals surface area contributed by atoms with Crippen LogP contribution in [0.25, 0.3) is 0 Å². The van der Waals surface area contributed by atoms with Crippen LogP contribution in [0.5, 0.6) is 0 Å². The molecule has 0 spiro atoms. The van der Waals surface area contributed by atoms with Crippen molar-refractivity contribution >= 4 is 39.9 Å². The Hall–Kier alpha value is 0.200. The van der Waals surface area contributed by atoms with Gasteiger partial charge >= 0.3 is 0 Å². The number of nitrogens with one attached hydrogen (secondary N) is 1. The number of rotatable bonds is 3. The SMILES string of the molecule is CN(Cc1ccc(Cl)c(Br)c1)C1CCCNCC1.Cl. The molecule has 1 heterocycles. The van der Waals surface area contributed by atoms with Crippen molar-refractivity contribution in [2.75, 3.05) is 20.1 Å². The van der Waals surface area contributed by atoms with Crippen LogP contribution in [-0.4, -0.2) is 31.1 Å². The molecular weight excluding hydrogens is 347 g/mol. The van der Waals surface area contributed by atoms with Gasteiger partial charge in [0, 0.05) is 17.1 Å². The van der Waals surface area contributed by atoms with Crippen LogP contribution in [0.15, 0.2) is 22.7 Å². The van der Waals surface area contributed by atoms with Crippen molar-refractivity contribution in [3.63, 3.8) is 0 Å². The van der Waals surface area contributed by atoms with Crippen molar-refractivity contribution in [1.29, 1.82) is 0 Å². The van der Waals surface area contributed by atoms with Crippen LogP contribution >= 0.6 is 39.9 Å². The molecule has 2 rings (SSSR count). The first kappa shape index (κ1) is 17.3. The summed E-state index contributed by atoms with van der Waals surface area (Å²) in [6, 6.07) is 6.88. The third-order valence-electron chi connectivity index (χ3n) is 3.58. The summed E-state index contributed by atoms with van der Waals surface area (Å²) in [5.74, 6) is 0. The smallest absolute Gasteiger partial charge is 0.0548 e. The first-order valence-corrected chi connectivity index (χ1v) is 7.69. The summed E-state index contributed by atoms with van der Waals surface area (Å²) in [6.07, 6.45) is 3.81. The second-order valence-corrected chi connectivity index (χ2v) is 6.26. The lowest BCUT2D eigenvalue weighted by molar-refractivity contribution is 0.216. The lowest BCUT2D eigenvalue weighted by Crippen LogP contribution is -2.31. The molecular formula is C14H21BrCl2N2. The average Bonchev–Trinajstić information content (AvgIpc) is 2.62. The van der Waals surface area contributed by atoms with Crippen LogP contribution in [0.2, 0.25) is 5.02 Å². The van der Waals surface area contributed by atoms with Gasteiger partial charge in [-0.1, -0.05) is 17.7 Å². The molecule has 1 aromatic rings. The van der Waals surface area contributed by atoms with Crippen LogP contribution in [0.4, 0.5) is 0 Å². The Kier molecular flexibility index (Phi) is 7.70. The van der Waals surface area contributed by atoms with Crippen molar-refractivity contribution in [3.05, 3.63) is 33.3 Å². The van der Waals surface area contributed by atoms with Gasteiger partial charge in [-0.05, 0) is 73.0 Å². The minimum Gasteiger partial charge on any atom is -0.317 e. The summed E-state index contributed by atoms with van der Waals surface area (Å²) in [5, 5.41) is 4.24. The van der Waals surface area contributed by atoms with E-state index in [0.29, 0.717) is 6.04 Å². The highest BCUT2D eigenvalue weighted by Crippen LogP contribution is 2.24. The van der Waals surface area contributed by atoms with Gasteiger partial charge in [-0.3, -0.25) is 4.90 Å². The van der Waals surface area contributed by atoms with Gasteiger partial charge in [0.25, 0.3) is 0 Å². The molecule has 0 amide bonds. The van der Waals surface area contributed by atoms with Gasteiger partial charge < -0.3 is 5.32 Å². The summed E-state index contributed by atoms with van der Waals surface area (Å²) >= 11 is 9.50. The summed E-state index contributed by atoms with van der Waals surface area (Å²) in [4.78, 5) is 2.46. The van der Waals surface area contributed by atoms with E-state index in [1.807, 2.05) is 6.07 Å². The zero-order chi connectivity index (χ0) is 13.0. The molecule has 1 fully saturated rings. The normalized spacial score (nSPS) is 19.9. The van der Waals surface area contributed by atoms with E-state index in [0.717, 1.165) is 29.1 Å². The van der Waals surface area contributed by atoms with Crippen LogP contribution in [-0.2, 0) is 6.54 Å². The Morgan fingerprint density at radius 3 is 2.89 bits per heavy atom. The molecule has 108 valence electrons. The largest absolute Gasteiger partial charge is 0.317 e. The predicted octanol–water partition coefficient (Wildman–Crippen LogP) is 4.10. The fourth-order valence-corrected chi connectivity index (χ4v) is 3.04. The Balaban J connectivity index is 0.00000180. The lowest BCUT2D eigenvalue weighted by Gasteiger charge is -2.27. The molecule has 1 N–H and O–H groups in total. The van der Waals surface area contributed by atoms with E-state index in [9.17, 15) is 0 Å². The Labute approximate surface area is 135 Å². The monoisotopic (exact) mass is 366 g/mol. The number of hydrogen-bond donors (Lipinski definition) is 1. The highest BCUT2D eigenvalue weighted by Gasteiger charge is 2.16. The van der Waals surface area contributed by atoms with Crippen molar-refractivity contribution < 1.29 is 0 Å². The fourth-order valence-electron chi connectivity index (χ4n) is 2.50. The second-order valence-electron chi connectivity index (χ2n) is 5.00.